The van der Waals surface area contributed by atoms with Crippen LogP contribution in [0.25, 0.3) is 0 Å². The van der Waals surface area contributed by atoms with Crippen LogP contribution in [0.1, 0.15) is 20.3 Å². The van der Waals surface area contributed by atoms with Crippen LogP contribution in [0.3, 0.4) is 0 Å². The fourth-order valence-electron chi connectivity index (χ4n) is 1.32. The Labute approximate surface area is 124 Å². The molecule has 10 heteroatoms. The third-order valence-electron chi connectivity index (χ3n) is 2.06. The van der Waals surface area contributed by atoms with Crippen molar-refractivity contribution < 1.29 is 13.2 Å². The predicted octanol–water partition coefficient (Wildman–Crippen LogP) is 1.29. The van der Waals surface area contributed by atoms with Crippen LogP contribution >= 0.6 is 27.3 Å². The number of halogens is 1. The van der Waals surface area contributed by atoms with Crippen molar-refractivity contribution >= 4 is 48.3 Å². The zero-order valence-electron chi connectivity index (χ0n) is 10.6. The van der Waals surface area contributed by atoms with Crippen molar-refractivity contribution in [1.82, 2.24) is 14.5 Å². The fourth-order valence-corrected chi connectivity index (χ4v) is 4.60. The number of sulfonamides is 1. The van der Waals surface area contributed by atoms with Crippen molar-refractivity contribution in [1.29, 1.82) is 0 Å². The second-order valence-corrected chi connectivity index (χ2v) is 7.53. The minimum Gasteiger partial charge on any atom is -0.301 e. The molecule has 0 saturated heterocycles. The lowest BCUT2D eigenvalue weighted by atomic mass is 10.5. The van der Waals surface area contributed by atoms with Gasteiger partial charge in [0.2, 0.25) is 15.4 Å². The summed E-state index contributed by atoms with van der Waals surface area (Å²) in [6.07, 6.45) is 0.712. The number of nitrogens with one attached hydrogen (secondary N) is 1. The monoisotopic (exact) mass is 370 g/mol. The summed E-state index contributed by atoms with van der Waals surface area (Å²) in [7, 11) is -3.64. The number of hydrogen-bond donors (Lipinski definition) is 1. The summed E-state index contributed by atoms with van der Waals surface area (Å²) in [5.74, 6) is -0.314. The zero-order valence-corrected chi connectivity index (χ0v) is 13.8. The first-order valence-corrected chi connectivity index (χ1v) is 8.96. The summed E-state index contributed by atoms with van der Waals surface area (Å²) in [5, 5.41) is 10.4. The first-order valence-electron chi connectivity index (χ1n) is 5.59. The van der Waals surface area contributed by atoms with Gasteiger partial charge in [0.1, 0.15) is 0 Å². The van der Waals surface area contributed by atoms with E-state index in [0.717, 1.165) is 11.3 Å². The number of hydrogen-bond acceptors (Lipinski definition) is 6. The molecule has 1 N–H and O–H groups in total. The number of carbonyl (C=O) groups is 1. The maximum Gasteiger partial charge on any atom is 0.272 e. The molecule has 7 nitrogen and oxygen atoms in total. The van der Waals surface area contributed by atoms with Crippen molar-refractivity contribution in [3.8, 4) is 0 Å². The van der Waals surface area contributed by atoms with E-state index in [1.807, 2.05) is 6.92 Å². The average molecular weight is 371 g/mol. The maximum absolute atomic E-state index is 12.3. The van der Waals surface area contributed by atoms with Crippen molar-refractivity contribution in [3.63, 3.8) is 0 Å². The van der Waals surface area contributed by atoms with Gasteiger partial charge in [0, 0.05) is 25.3 Å². The van der Waals surface area contributed by atoms with Gasteiger partial charge in [0.15, 0.2) is 0 Å². The molecule has 0 fully saturated rings. The molecule has 0 saturated carbocycles. The molecule has 0 aliphatic rings. The third kappa shape index (κ3) is 4.48. The van der Waals surface area contributed by atoms with Crippen molar-refractivity contribution in [2.45, 2.75) is 24.6 Å². The number of alkyl halides is 1. The van der Waals surface area contributed by atoms with Crippen molar-refractivity contribution in [3.05, 3.63) is 0 Å². The third-order valence-corrected chi connectivity index (χ3v) is 5.49. The van der Waals surface area contributed by atoms with Gasteiger partial charge < -0.3 is 5.32 Å². The van der Waals surface area contributed by atoms with E-state index in [1.165, 1.54) is 11.2 Å². The highest BCUT2D eigenvalue weighted by Gasteiger charge is 2.27. The normalized spacial score (nSPS) is 11.8. The number of rotatable bonds is 7. The largest absolute Gasteiger partial charge is 0.301 e. The molecule has 108 valence electrons. The van der Waals surface area contributed by atoms with Gasteiger partial charge in [0.25, 0.3) is 10.0 Å². The summed E-state index contributed by atoms with van der Waals surface area (Å²) >= 11 is 4.08. The van der Waals surface area contributed by atoms with E-state index in [1.54, 1.807) is 0 Å². The molecule has 0 spiro atoms. The molecule has 0 atom stereocenters. The Hall–Kier alpha value is -0.580. The smallest absolute Gasteiger partial charge is 0.272 e. The Morgan fingerprint density at radius 2 is 2.11 bits per heavy atom. The van der Waals surface area contributed by atoms with Crippen molar-refractivity contribution in [2.75, 3.05) is 23.7 Å². The Balaban J connectivity index is 2.97. The Morgan fingerprint density at radius 1 is 1.42 bits per heavy atom. The molecule has 0 unspecified atom stereocenters. The molecule has 1 amide bonds. The molecule has 0 aliphatic carbocycles. The zero-order chi connectivity index (χ0) is 14.5. The molecular weight excluding hydrogens is 356 g/mol. The number of aromatic nitrogens is 2. The van der Waals surface area contributed by atoms with E-state index in [9.17, 15) is 13.2 Å². The van der Waals surface area contributed by atoms with Crippen LogP contribution in [0.15, 0.2) is 4.34 Å². The second kappa shape index (κ2) is 7.27. The van der Waals surface area contributed by atoms with Crippen LogP contribution in [0, 0.1) is 0 Å². The number of amides is 1. The van der Waals surface area contributed by atoms with Crippen LogP contribution < -0.4 is 5.32 Å². The highest BCUT2D eigenvalue weighted by Crippen LogP contribution is 2.23. The molecular formula is C9H15BrN4O3S2. The summed E-state index contributed by atoms with van der Waals surface area (Å²) in [6, 6.07) is 0. The topological polar surface area (TPSA) is 92.3 Å². The molecule has 0 aliphatic heterocycles. The van der Waals surface area contributed by atoms with Gasteiger partial charge in [-0.1, -0.05) is 34.2 Å². The van der Waals surface area contributed by atoms with Gasteiger partial charge in [-0.25, -0.2) is 8.42 Å². The minimum atomic E-state index is -3.64. The lowest BCUT2D eigenvalue weighted by molar-refractivity contribution is -0.114. The fraction of sp³-hybridized carbons (Fsp3) is 0.667. The number of anilines is 1. The van der Waals surface area contributed by atoms with E-state index in [4.69, 9.17) is 0 Å². The molecule has 1 rings (SSSR count). The number of carbonyl (C=O) groups excluding carboxylic acids is 1. The second-order valence-electron chi connectivity index (χ2n) is 3.65. The van der Waals surface area contributed by atoms with E-state index in [0.29, 0.717) is 24.8 Å². The highest BCUT2D eigenvalue weighted by molar-refractivity contribution is 9.09. The minimum absolute atomic E-state index is 0.106. The SMILES string of the molecule is CCCN(CCBr)S(=O)(=O)c1nnc(NC(C)=O)s1. The lowest BCUT2D eigenvalue weighted by Crippen LogP contribution is -2.33. The van der Waals surface area contributed by atoms with Crippen LogP contribution in [-0.2, 0) is 14.8 Å². The van der Waals surface area contributed by atoms with E-state index in [2.05, 4.69) is 31.4 Å². The van der Waals surface area contributed by atoms with Crippen molar-refractivity contribution in [2.24, 2.45) is 0 Å². The quantitative estimate of drug-likeness (QED) is 0.576. The van der Waals surface area contributed by atoms with Crippen LogP contribution in [0.4, 0.5) is 5.13 Å². The lowest BCUT2D eigenvalue weighted by Gasteiger charge is -2.18. The number of nitrogens with zero attached hydrogens (tertiary/aromatic N) is 3. The molecule has 0 bridgehead atoms. The Kier molecular flexibility index (Phi) is 6.30. The molecule has 19 heavy (non-hydrogen) atoms. The molecule has 0 aromatic carbocycles. The highest BCUT2D eigenvalue weighted by atomic mass is 79.9. The standard InChI is InChI=1S/C9H15BrN4O3S2/c1-3-5-14(6-4-10)19(16,17)9-13-12-8(18-9)11-7(2)15/h3-6H2,1-2H3,(H,11,12,15). The van der Waals surface area contributed by atoms with Crippen LogP contribution in [0.2, 0.25) is 0 Å². The molecule has 1 aromatic heterocycles. The van der Waals surface area contributed by atoms with Gasteiger partial charge in [-0.3, -0.25) is 4.79 Å². The van der Waals surface area contributed by atoms with Gasteiger partial charge in [0.05, 0.1) is 0 Å². The van der Waals surface area contributed by atoms with Gasteiger partial charge >= 0.3 is 0 Å². The Bertz CT molecular complexity index is 525. The van der Waals surface area contributed by atoms with Gasteiger partial charge in [-0.05, 0) is 6.42 Å². The summed E-state index contributed by atoms with van der Waals surface area (Å²) in [5.41, 5.74) is 0. The summed E-state index contributed by atoms with van der Waals surface area (Å²) in [4.78, 5) is 10.9. The van der Waals surface area contributed by atoms with Gasteiger partial charge in [-0.15, -0.1) is 10.2 Å². The van der Waals surface area contributed by atoms with E-state index >= 15 is 0 Å². The summed E-state index contributed by atoms with van der Waals surface area (Å²) < 4.78 is 25.9. The Morgan fingerprint density at radius 3 is 2.63 bits per heavy atom. The van der Waals surface area contributed by atoms with E-state index in [-0.39, 0.29) is 15.4 Å². The average Bonchev–Trinajstić information content (AvgIpc) is 2.77. The maximum atomic E-state index is 12.3. The summed E-state index contributed by atoms with van der Waals surface area (Å²) in [6.45, 7) is 4.01. The molecule has 0 radical (unpaired) electrons. The van der Waals surface area contributed by atoms with E-state index < -0.39 is 10.0 Å². The van der Waals surface area contributed by atoms with Crippen LogP contribution in [-0.4, -0.2) is 47.2 Å². The first kappa shape index (κ1) is 16.5. The molecule has 1 heterocycles. The van der Waals surface area contributed by atoms with Gasteiger partial charge in [-0.2, -0.15) is 4.31 Å². The van der Waals surface area contributed by atoms with Crippen LogP contribution in [0.5, 0.6) is 0 Å². The predicted molar refractivity (Wildman–Crippen MR) is 77.1 cm³/mol. The molecule has 1 aromatic rings. The first-order chi connectivity index (χ1) is 8.91.